The number of amidine groups is 1. The third-order valence-corrected chi connectivity index (χ3v) is 5.84. The number of thioether (sulfide) groups is 1. The van der Waals surface area contributed by atoms with Crippen LogP contribution in [0.25, 0.3) is 0 Å². The molecule has 1 aliphatic heterocycles. The van der Waals surface area contributed by atoms with Gasteiger partial charge in [-0.15, -0.1) is 0 Å². The lowest BCUT2D eigenvalue weighted by molar-refractivity contribution is 0.273. The Morgan fingerprint density at radius 2 is 2.28 bits per heavy atom. The van der Waals surface area contributed by atoms with Gasteiger partial charge in [-0.05, 0) is 38.0 Å². The minimum atomic E-state index is 0.281. The predicted octanol–water partition coefficient (Wildman–Crippen LogP) is 4.06. The van der Waals surface area contributed by atoms with E-state index in [1.807, 2.05) is 11.8 Å². The van der Waals surface area contributed by atoms with Gasteiger partial charge in [0, 0.05) is 17.8 Å². The lowest BCUT2D eigenvalue weighted by atomic mass is 9.81. The van der Waals surface area contributed by atoms with Crippen molar-refractivity contribution in [2.75, 3.05) is 12.3 Å². The van der Waals surface area contributed by atoms with E-state index in [4.69, 9.17) is 4.99 Å². The van der Waals surface area contributed by atoms with Crippen LogP contribution in [0.15, 0.2) is 4.99 Å². The number of rotatable bonds is 4. The zero-order chi connectivity index (χ0) is 13.0. The molecule has 0 aromatic rings. The maximum atomic E-state index is 4.75. The van der Waals surface area contributed by atoms with Gasteiger partial charge in [-0.1, -0.05) is 44.9 Å². The van der Waals surface area contributed by atoms with Crippen LogP contribution in [0.3, 0.4) is 0 Å². The van der Waals surface area contributed by atoms with E-state index < -0.39 is 0 Å². The summed E-state index contributed by atoms with van der Waals surface area (Å²) < 4.78 is 0. The summed E-state index contributed by atoms with van der Waals surface area (Å²) in [7, 11) is 0. The van der Waals surface area contributed by atoms with Crippen LogP contribution in [0.1, 0.15) is 59.3 Å². The van der Waals surface area contributed by atoms with E-state index in [1.165, 1.54) is 49.4 Å². The summed E-state index contributed by atoms with van der Waals surface area (Å²) in [6.45, 7) is 7.97. The molecule has 1 saturated carbocycles. The fraction of sp³-hybridized carbons (Fsp3) is 0.933. The number of aliphatic imine (C=N–C) groups is 1. The van der Waals surface area contributed by atoms with Gasteiger partial charge in [0.25, 0.3) is 0 Å². The lowest BCUT2D eigenvalue weighted by Crippen LogP contribution is -2.39. The second-order valence-corrected chi connectivity index (χ2v) is 7.41. The Balaban J connectivity index is 1.72. The molecule has 0 aromatic carbocycles. The van der Waals surface area contributed by atoms with Crippen molar-refractivity contribution in [2.24, 2.45) is 16.8 Å². The smallest absolute Gasteiger partial charge is 0.157 e. The van der Waals surface area contributed by atoms with E-state index in [2.05, 4.69) is 26.1 Å². The number of nitrogens with zero attached hydrogens (tertiary/aromatic N) is 1. The Morgan fingerprint density at radius 3 is 2.94 bits per heavy atom. The first-order chi connectivity index (χ1) is 8.61. The maximum absolute atomic E-state index is 4.75. The Morgan fingerprint density at radius 1 is 1.44 bits per heavy atom. The van der Waals surface area contributed by atoms with Crippen LogP contribution in [0.5, 0.6) is 0 Å². The highest BCUT2D eigenvalue weighted by molar-refractivity contribution is 8.14. The summed E-state index contributed by atoms with van der Waals surface area (Å²) in [5.41, 5.74) is 0.281. The topological polar surface area (TPSA) is 24.4 Å². The van der Waals surface area contributed by atoms with Crippen LogP contribution < -0.4 is 5.32 Å². The standard InChI is InChI=1S/C15H28N2S/c1-4-15(3)11-18-14(17-15)16-9-8-13-7-5-6-12(2)10-13/h12-13H,4-11H2,1-3H3,(H,16,17). The van der Waals surface area contributed by atoms with Gasteiger partial charge in [-0.3, -0.25) is 4.99 Å². The molecule has 0 bridgehead atoms. The molecule has 0 spiro atoms. The van der Waals surface area contributed by atoms with Crippen molar-refractivity contribution < 1.29 is 0 Å². The normalized spacial score (nSPS) is 38.9. The first kappa shape index (κ1) is 14.2. The van der Waals surface area contributed by atoms with E-state index >= 15 is 0 Å². The Kier molecular flexibility index (Phi) is 4.99. The van der Waals surface area contributed by atoms with Gasteiger partial charge in [0.2, 0.25) is 0 Å². The van der Waals surface area contributed by atoms with Gasteiger partial charge in [0.05, 0.1) is 0 Å². The highest BCUT2D eigenvalue weighted by atomic mass is 32.2. The van der Waals surface area contributed by atoms with Gasteiger partial charge in [0.1, 0.15) is 0 Å². The number of hydrogen-bond acceptors (Lipinski definition) is 2. The number of nitrogens with one attached hydrogen (secondary N) is 1. The molecule has 3 atom stereocenters. The van der Waals surface area contributed by atoms with E-state index in [0.29, 0.717) is 0 Å². The fourth-order valence-corrected chi connectivity index (χ4v) is 4.24. The molecule has 2 nitrogen and oxygen atoms in total. The van der Waals surface area contributed by atoms with Crippen LogP contribution in [-0.2, 0) is 0 Å². The minimum absolute atomic E-state index is 0.281. The van der Waals surface area contributed by atoms with E-state index in [0.717, 1.165) is 18.4 Å². The highest BCUT2D eigenvalue weighted by Gasteiger charge is 2.30. The zero-order valence-corrected chi connectivity index (χ0v) is 13.0. The number of hydrogen-bond donors (Lipinski definition) is 1. The van der Waals surface area contributed by atoms with Gasteiger partial charge in [-0.25, -0.2) is 0 Å². The van der Waals surface area contributed by atoms with Crippen molar-refractivity contribution in [2.45, 2.75) is 64.8 Å². The molecule has 2 fully saturated rings. The van der Waals surface area contributed by atoms with Gasteiger partial charge >= 0.3 is 0 Å². The summed E-state index contributed by atoms with van der Waals surface area (Å²) in [5.74, 6) is 3.05. The quantitative estimate of drug-likeness (QED) is 0.831. The molecule has 0 radical (unpaired) electrons. The molecule has 3 unspecified atom stereocenters. The molecular weight excluding hydrogens is 240 g/mol. The Labute approximate surface area is 116 Å². The van der Waals surface area contributed by atoms with Gasteiger partial charge < -0.3 is 5.32 Å². The Bertz CT molecular complexity index is 303. The third kappa shape index (κ3) is 3.91. The molecule has 104 valence electrons. The highest BCUT2D eigenvalue weighted by Crippen LogP contribution is 2.31. The Hall–Kier alpha value is -0.180. The van der Waals surface area contributed by atoms with Crippen molar-refractivity contribution in [3.05, 3.63) is 0 Å². The van der Waals surface area contributed by atoms with Crippen molar-refractivity contribution in [3.63, 3.8) is 0 Å². The summed E-state index contributed by atoms with van der Waals surface area (Å²) in [6.07, 6.45) is 8.21. The molecule has 18 heavy (non-hydrogen) atoms. The second kappa shape index (κ2) is 6.31. The average molecular weight is 268 g/mol. The predicted molar refractivity (Wildman–Crippen MR) is 82.3 cm³/mol. The van der Waals surface area contributed by atoms with Crippen LogP contribution in [0.2, 0.25) is 0 Å². The minimum Gasteiger partial charge on any atom is -0.359 e. The maximum Gasteiger partial charge on any atom is 0.157 e. The van der Waals surface area contributed by atoms with Gasteiger partial charge in [-0.2, -0.15) is 0 Å². The van der Waals surface area contributed by atoms with E-state index in [-0.39, 0.29) is 5.54 Å². The lowest BCUT2D eigenvalue weighted by Gasteiger charge is -2.26. The summed E-state index contributed by atoms with van der Waals surface area (Å²) in [4.78, 5) is 4.75. The van der Waals surface area contributed by atoms with Crippen LogP contribution >= 0.6 is 11.8 Å². The van der Waals surface area contributed by atoms with Crippen molar-refractivity contribution >= 4 is 16.9 Å². The monoisotopic (exact) mass is 268 g/mol. The molecule has 2 rings (SSSR count). The van der Waals surface area contributed by atoms with E-state index in [1.54, 1.807) is 0 Å². The summed E-state index contributed by atoms with van der Waals surface area (Å²) in [5, 5.41) is 4.76. The van der Waals surface area contributed by atoms with Gasteiger partial charge in [0.15, 0.2) is 5.17 Å². The van der Waals surface area contributed by atoms with Crippen LogP contribution in [0.4, 0.5) is 0 Å². The third-order valence-electron chi connectivity index (χ3n) is 4.55. The van der Waals surface area contributed by atoms with Crippen LogP contribution in [-0.4, -0.2) is 23.0 Å². The zero-order valence-electron chi connectivity index (χ0n) is 12.2. The summed E-state index contributed by atoms with van der Waals surface area (Å²) >= 11 is 1.90. The summed E-state index contributed by atoms with van der Waals surface area (Å²) in [6, 6.07) is 0. The van der Waals surface area contributed by atoms with Crippen molar-refractivity contribution in [3.8, 4) is 0 Å². The molecule has 0 amide bonds. The molecule has 3 heteroatoms. The molecule has 1 heterocycles. The second-order valence-electron chi connectivity index (χ2n) is 6.44. The molecular formula is C15H28N2S. The van der Waals surface area contributed by atoms with Crippen molar-refractivity contribution in [1.29, 1.82) is 0 Å². The first-order valence-electron chi connectivity index (χ1n) is 7.57. The van der Waals surface area contributed by atoms with Crippen molar-refractivity contribution in [1.82, 2.24) is 5.32 Å². The molecule has 1 aliphatic carbocycles. The molecule has 1 saturated heterocycles. The van der Waals surface area contributed by atoms with Crippen LogP contribution in [0, 0.1) is 11.8 Å². The fourth-order valence-electron chi connectivity index (χ4n) is 3.00. The first-order valence-corrected chi connectivity index (χ1v) is 8.55. The molecule has 2 aliphatic rings. The molecule has 1 N–H and O–H groups in total. The van der Waals surface area contributed by atoms with E-state index in [9.17, 15) is 0 Å². The SMILES string of the molecule is CCC1(C)CSC(=NCCC2CCCC(C)C2)N1. The average Bonchev–Trinajstić information content (AvgIpc) is 2.72. The molecule has 0 aromatic heterocycles. The largest absolute Gasteiger partial charge is 0.359 e.